The lowest BCUT2D eigenvalue weighted by Crippen LogP contribution is -2.09. The zero-order chi connectivity index (χ0) is 13.9. The summed E-state index contributed by atoms with van der Waals surface area (Å²) in [5.41, 5.74) is 1.06. The van der Waals surface area contributed by atoms with Crippen LogP contribution in [0.25, 0.3) is 10.9 Å². The second kappa shape index (κ2) is 5.01. The van der Waals surface area contributed by atoms with Crippen LogP contribution in [0.4, 0.5) is 0 Å². The van der Waals surface area contributed by atoms with E-state index in [0.717, 1.165) is 5.39 Å². The molecule has 4 heteroatoms. The summed E-state index contributed by atoms with van der Waals surface area (Å²) in [6, 6.07) is 15.8. The Morgan fingerprint density at radius 1 is 1.00 bits per heavy atom. The van der Waals surface area contributed by atoms with E-state index in [1.807, 2.05) is 12.1 Å². The number of benzene rings is 2. The van der Waals surface area contributed by atoms with E-state index in [1.54, 1.807) is 48.7 Å². The molecule has 0 N–H and O–H groups in total. The second-order valence-electron chi connectivity index (χ2n) is 4.28. The van der Waals surface area contributed by atoms with Gasteiger partial charge in [0, 0.05) is 11.6 Å². The normalized spacial score (nSPS) is 10.4. The molecule has 0 radical (unpaired) electrons. The number of rotatable bonds is 3. The van der Waals surface area contributed by atoms with Crippen LogP contribution in [0.2, 0.25) is 0 Å². The molecule has 0 aliphatic carbocycles. The minimum atomic E-state index is -0.447. The molecule has 1 aromatic heterocycles. The van der Waals surface area contributed by atoms with Gasteiger partial charge in [-0.25, -0.2) is 4.79 Å². The van der Waals surface area contributed by atoms with Crippen molar-refractivity contribution in [3.05, 3.63) is 66.4 Å². The monoisotopic (exact) mass is 265 g/mol. The van der Waals surface area contributed by atoms with Gasteiger partial charge < -0.3 is 4.74 Å². The van der Waals surface area contributed by atoms with Gasteiger partial charge in [0.15, 0.2) is 5.75 Å². The Morgan fingerprint density at radius 3 is 2.55 bits per heavy atom. The molecule has 0 bridgehead atoms. The topological polar surface area (TPSA) is 48.3 Å². The average Bonchev–Trinajstić information content (AvgIpc) is 2.92. The van der Waals surface area contributed by atoms with Crippen LogP contribution in [0.5, 0.6) is 5.75 Å². The molecular formula is C16H11NO3. The molecular weight excluding hydrogens is 254 g/mol. The molecule has 0 saturated carbocycles. The maximum absolute atomic E-state index is 12.1. The summed E-state index contributed by atoms with van der Waals surface area (Å²) in [7, 11) is 0. The number of esters is 1. The van der Waals surface area contributed by atoms with Gasteiger partial charge in [0.2, 0.25) is 6.41 Å². The summed E-state index contributed by atoms with van der Waals surface area (Å²) >= 11 is 0. The number of hydrogen-bond donors (Lipinski definition) is 0. The molecule has 3 rings (SSSR count). The summed E-state index contributed by atoms with van der Waals surface area (Å²) in [6.07, 6.45) is 2.32. The fourth-order valence-electron chi connectivity index (χ4n) is 2.09. The van der Waals surface area contributed by atoms with E-state index in [9.17, 15) is 9.59 Å². The fraction of sp³-hybridized carbons (Fsp3) is 0. The molecule has 0 saturated heterocycles. The highest BCUT2D eigenvalue weighted by Crippen LogP contribution is 2.26. The van der Waals surface area contributed by atoms with E-state index in [-0.39, 0.29) is 0 Å². The number of fused-ring (bicyclic) bond motifs is 1. The number of aromatic nitrogens is 1. The summed E-state index contributed by atoms with van der Waals surface area (Å²) in [4.78, 5) is 23.1. The first kappa shape index (κ1) is 12.2. The first-order chi connectivity index (χ1) is 9.79. The van der Waals surface area contributed by atoms with E-state index in [1.165, 1.54) is 4.57 Å². The molecule has 0 atom stereocenters. The smallest absolute Gasteiger partial charge is 0.343 e. The predicted molar refractivity (Wildman–Crippen MR) is 75.5 cm³/mol. The molecule has 0 unspecified atom stereocenters. The van der Waals surface area contributed by atoms with E-state index in [2.05, 4.69) is 0 Å². The maximum atomic E-state index is 12.1. The lowest BCUT2D eigenvalue weighted by Gasteiger charge is -2.07. The van der Waals surface area contributed by atoms with Crippen LogP contribution in [0, 0.1) is 0 Å². The van der Waals surface area contributed by atoms with Gasteiger partial charge in [0.1, 0.15) is 0 Å². The molecule has 0 amide bonds. The van der Waals surface area contributed by atoms with Crippen molar-refractivity contribution < 1.29 is 14.3 Å². The van der Waals surface area contributed by atoms with Gasteiger partial charge in [-0.2, -0.15) is 0 Å². The van der Waals surface area contributed by atoms with Gasteiger partial charge in [-0.05, 0) is 24.3 Å². The largest absolute Gasteiger partial charge is 0.421 e. The van der Waals surface area contributed by atoms with Crippen molar-refractivity contribution in [2.75, 3.05) is 0 Å². The number of nitrogens with zero attached hydrogens (tertiary/aromatic N) is 1. The molecule has 0 spiro atoms. The van der Waals surface area contributed by atoms with Gasteiger partial charge >= 0.3 is 5.97 Å². The lowest BCUT2D eigenvalue weighted by atomic mass is 10.2. The number of para-hydroxylation sites is 1. The Hall–Kier alpha value is -2.88. The van der Waals surface area contributed by atoms with Crippen molar-refractivity contribution in [1.29, 1.82) is 0 Å². The Morgan fingerprint density at radius 2 is 1.80 bits per heavy atom. The summed E-state index contributed by atoms with van der Waals surface area (Å²) in [5.74, 6) is -0.0785. The lowest BCUT2D eigenvalue weighted by molar-refractivity contribution is 0.0736. The highest BCUT2D eigenvalue weighted by molar-refractivity contribution is 5.96. The average molecular weight is 265 g/mol. The third-order valence-electron chi connectivity index (χ3n) is 3.03. The molecule has 1 heterocycles. The van der Waals surface area contributed by atoms with Gasteiger partial charge in [0.05, 0.1) is 11.1 Å². The maximum Gasteiger partial charge on any atom is 0.343 e. The van der Waals surface area contributed by atoms with Crippen molar-refractivity contribution in [1.82, 2.24) is 4.57 Å². The summed E-state index contributed by atoms with van der Waals surface area (Å²) in [6.45, 7) is 0. The van der Waals surface area contributed by atoms with Crippen molar-refractivity contribution in [2.24, 2.45) is 0 Å². The molecule has 98 valence electrons. The van der Waals surface area contributed by atoms with Crippen LogP contribution in [0.15, 0.2) is 60.8 Å². The molecule has 4 nitrogen and oxygen atoms in total. The van der Waals surface area contributed by atoms with Crippen LogP contribution in [-0.4, -0.2) is 16.9 Å². The van der Waals surface area contributed by atoms with Crippen LogP contribution >= 0.6 is 0 Å². The highest BCUT2D eigenvalue weighted by atomic mass is 16.5. The standard InChI is InChI=1S/C16H11NO3/c18-11-17-10-9-12-7-4-8-14(15(12)17)20-16(19)13-5-2-1-3-6-13/h1-11H. The quantitative estimate of drug-likeness (QED) is 0.415. The van der Waals surface area contributed by atoms with E-state index < -0.39 is 5.97 Å². The summed E-state index contributed by atoms with van der Waals surface area (Å²) in [5, 5.41) is 0.843. The molecule has 0 aliphatic heterocycles. The number of carbonyl (C=O) groups excluding carboxylic acids is 2. The zero-order valence-corrected chi connectivity index (χ0v) is 10.5. The number of hydrogen-bond acceptors (Lipinski definition) is 3. The minimum absolute atomic E-state index is 0.369. The van der Waals surface area contributed by atoms with Gasteiger partial charge in [-0.1, -0.05) is 30.3 Å². The van der Waals surface area contributed by atoms with Gasteiger partial charge in [0.25, 0.3) is 0 Å². The molecule has 20 heavy (non-hydrogen) atoms. The number of ether oxygens (including phenoxy) is 1. The Kier molecular flexibility index (Phi) is 3.05. The Bertz CT molecular complexity index is 775. The Balaban J connectivity index is 2.01. The van der Waals surface area contributed by atoms with Crippen LogP contribution in [-0.2, 0) is 4.79 Å². The fourth-order valence-corrected chi connectivity index (χ4v) is 2.09. The Labute approximate surface area is 115 Å². The molecule has 0 aliphatic rings. The third kappa shape index (κ3) is 2.07. The number of carbonyl (C=O) groups is 2. The van der Waals surface area contributed by atoms with Gasteiger partial charge in [-0.3, -0.25) is 9.36 Å². The van der Waals surface area contributed by atoms with E-state index in [0.29, 0.717) is 23.2 Å². The molecule has 3 aromatic rings. The molecule has 0 fully saturated rings. The predicted octanol–water partition coefficient (Wildman–Crippen LogP) is 2.90. The van der Waals surface area contributed by atoms with Crippen molar-refractivity contribution in [2.45, 2.75) is 0 Å². The second-order valence-corrected chi connectivity index (χ2v) is 4.28. The van der Waals surface area contributed by atoms with Crippen molar-refractivity contribution in [3.63, 3.8) is 0 Å². The van der Waals surface area contributed by atoms with Crippen LogP contribution in [0.1, 0.15) is 10.4 Å². The third-order valence-corrected chi connectivity index (χ3v) is 3.03. The summed E-state index contributed by atoms with van der Waals surface area (Å²) < 4.78 is 6.79. The van der Waals surface area contributed by atoms with Crippen molar-refractivity contribution in [3.8, 4) is 5.75 Å². The first-order valence-corrected chi connectivity index (χ1v) is 6.11. The first-order valence-electron chi connectivity index (χ1n) is 6.11. The van der Waals surface area contributed by atoms with E-state index in [4.69, 9.17) is 4.74 Å². The SMILES string of the molecule is O=Cn1ccc2cccc(OC(=O)c3ccccc3)c21. The minimum Gasteiger partial charge on any atom is -0.421 e. The van der Waals surface area contributed by atoms with Crippen LogP contribution in [0.3, 0.4) is 0 Å². The van der Waals surface area contributed by atoms with E-state index >= 15 is 0 Å². The molecule has 2 aromatic carbocycles. The zero-order valence-electron chi connectivity index (χ0n) is 10.5. The van der Waals surface area contributed by atoms with Crippen molar-refractivity contribution >= 4 is 23.3 Å². The van der Waals surface area contributed by atoms with Gasteiger partial charge in [-0.15, -0.1) is 0 Å². The van der Waals surface area contributed by atoms with Crippen LogP contribution < -0.4 is 4.74 Å². The highest BCUT2D eigenvalue weighted by Gasteiger charge is 2.12.